The Hall–Kier alpha value is -1.62. The van der Waals surface area contributed by atoms with E-state index in [0.29, 0.717) is 0 Å². The van der Waals surface area contributed by atoms with Crippen LogP contribution in [0.25, 0.3) is 30.9 Å². The Labute approximate surface area is 145 Å². The van der Waals surface area contributed by atoms with Crippen molar-refractivity contribution in [3.8, 4) is 0 Å². The van der Waals surface area contributed by atoms with Crippen molar-refractivity contribution in [1.29, 1.82) is 0 Å². The van der Waals surface area contributed by atoms with Crippen LogP contribution in [-0.2, 0) is 9.31 Å². The van der Waals surface area contributed by atoms with Gasteiger partial charge < -0.3 is 9.31 Å². The molecule has 0 atom stereocenters. The zero-order valence-corrected chi connectivity index (χ0v) is 15.2. The molecule has 0 saturated carbocycles. The second kappa shape index (κ2) is 4.51. The Morgan fingerprint density at radius 3 is 2.17 bits per heavy atom. The zero-order valence-electron chi connectivity index (χ0n) is 14.3. The Kier molecular flexibility index (Phi) is 2.76. The van der Waals surface area contributed by atoms with E-state index in [1.54, 1.807) is 0 Å². The molecular weight excluding hydrogens is 315 g/mol. The fourth-order valence-electron chi connectivity index (χ4n) is 3.66. The van der Waals surface area contributed by atoms with E-state index in [4.69, 9.17) is 9.31 Å². The lowest BCUT2D eigenvalue weighted by atomic mass is 9.75. The molecule has 2 nitrogen and oxygen atoms in total. The Balaban J connectivity index is 1.83. The lowest BCUT2D eigenvalue weighted by Gasteiger charge is -2.32. The molecule has 0 bridgehead atoms. The topological polar surface area (TPSA) is 18.5 Å². The lowest BCUT2D eigenvalue weighted by molar-refractivity contribution is 0.00578. The first kappa shape index (κ1) is 14.7. The molecule has 0 amide bonds. The normalized spacial score (nSPS) is 19.9. The molecule has 0 N–H and O–H groups in total. The van der Waals surface area contributed by atoms with Gasteiger partial charge in [0.15, 0.2) is 0 Å². The fourth-order valence-corrected chi connectivity index (χ4v) is 4.83. The first-order chi connectivity index (χ1) is 11.4. The standard InChI is InChI=1S/C20H19BO2S/c1-19(2)20(3,4)23-21(22-19)14-11-12-7-5-9-15-17(12)18-13(14)8-6-10-16(18)24-15/h5-11H,1-4H3. The maximum Gasteiger partial charge on any atom is 0.495 e. The zero-order chi connectivity index (χ0) is 16.7. The summed E-state index contributed by atoms with van der Waals surface area (Å²) in [7, 11) is -0.330. The average molecular weight is 334 g/mol. The average Bonchev–Trinajstić information content (AvgIpc) is 3.00. The van der Waals surface area contributed by atoms with Crippen molar-refractivity contribution < 1.29 is 9.31 Å². The molecule has 0 unspecified atom stereocenters. The molecule has 120 valence electrons. The van der Waals surface area contributed by atoms with Gasteiger partial charge in [0.2, 0.25) is 0 Å². The molecule has 4 aromatic rings. The van der Waals surface area contributed by atoms with Crippen LogP contribution in [0.4, 0.5) is 0 Å². The van der Waals surface area contributed by atoms with Crippen LogP contribution in [0.15, 0.2) is 42.5 Å². The molecule has 5 rings (SSSR count). The third-order valence-corrected chi connectivity index (χ3v) is 6.80. The second-order valence-electron chi connectivity index (χ2n) is 7.69. The van der Waals surface area contributed by atoms with Gasteiger partial charge in [-0.15, -0.1) is 11.3 Å². The van der Waals surface area contributed by atoms with E-state index in [-0.39, 0.29) is 18.3 Å². The quantitative estimate of drug-likeness (QED) is 0.362. The minimum atomic E-state index is -0.330. The lowest BCUT2D eigenvalue weighted by Crippen LogP contribution is -2.41. The van der Waals surface area contributed by atoms with Crippen molar-refractivity contribution in [3.05, 3.63) is 42.5 Å². The third-order valence-electron chi connectivity index (χ3n) is 5.68. The molecular formula is C20H19BO2S. The molecule has 1 aromatic heterocycles. The number of hydrogen-bond donors (Lipinski definition) is 0. The molecule has 0 spiro atoms. The summed E-state index contributed by atoms with van der Waals surface area (Å²) in [5.74, 6) is 0. The highest BCUT2D eigenvalue weighted by molar-refractivity contribution is 7.26. The van der Waals surface area contributed by atoms with E-state index in [1.165, 1.54) is 30.9 Å². The molecule has 2 heterocycles. The van der Waals surface area contributed by atoms with Crippen molar-refractivity contribution in [2.24, 2.45) is 0 Å². The molecule has 24 heavy (non-hydrogen) atoms. The second-order valence-corrected chi connectivity index (χ2v) is 8.77. The highest BCUT2D eigenvalue weighted by atomic mass is 32.1. The van der Waals surface area contributed by atoms with E-state index >= 15 is 0 Å². The van der Waals surface area contributed by atoms with Crippen molar-refractivity contribution in [1.82, 2.24) is 0 Å². The molecule has 0 radical (unpaired) electrons. The molecule has 1 saturated heterocycles. The first-order valence-electron chi connectivity index (χ1n) is 8.39. The van der Waals surface area contributed by atoms with Crippen LogP contribution in [0.2, 0.25) is 0 Å². The summed E-state index contributed by atoms with van der Waals surface area (Å²) in [5.41, 5.74) is 0.485. The molecule has 3 aromatic carbocycles. The van der Waals surface area contributed by atoms with Crippen molar-refractivity contribution in [2.75, 3.05) is 0 Å². The van der Waals surface area contributed by atoms with Gasteiger partial charge >= 0.3 is 7.12 Å². The fraction of sp³-hybridized carbons (Fsp3) is 0.300. The molecule has 1 aliphatic rings. The maximum atomic E-state index is 6.33. The first-order valence-corrected chi connectivity index (χ1v) is 9.21. The minimum Gasteiger partial charge on any atom is -0.399 e. The summed E-state index contributed by atoms with van der Waals surface area (Å²) in [6, 6.07) is 15.3. The predicted molar refractivity (Wildman–Crippen MR) is 104 cm³/mol. The van der Waals surface area contributed by atoms with Crippen LogP contribution in [0.1, 0.15) is 27.7 Å². The van der Waals surface area contributed by atoms with Gasteiger partial charge in [0, 0.05) is 20.2 Å². The van der Waals surface area contributed by atoms with E-state index in [2.05, 4.69) is 70.2 Å². The number of hydrogen-bond acceptors (Lipinski definition) is 3. The smallest absolute Gasteiger partial charge is 0.399 e. The largest absolute Gasteiger partial charge is 0.495 e. The van der Waals surface area contributed by atoms with Gasteiger partial charge in [-0.05, 0) is 56.1 Å². The highest BCUT2D eigenvalue weighted by Gasteiger charge is 2.52. The summed E-state index contributed by atoms with van der Waals surface area (Å²) in [6.07, 6.45) is 0. The SMILES string of the molecule is CC1(C)OB(c2cc3cccc4sc5cccc2c5c34)OC1(C)C. The van der Waals surface area contributed by atoms with E-state index in [9.17, 15) is 0 Å². The summed E-state index contributed by atoms with van der Waals surface area (Å²) in [5, 5.41) is 5.23. The minimum absolute atomic E-state index is 0.326. The Morgan fingerprint density at radius 2 is 1.46 bits per heavy atom. The van der Waals surface area contributed by atoms with Crippen LogP contribution in [0.3, 0.4) is 0 Å². The van der Waals surface area contributed by atoms with E-state index in [0.717, 1.165) is 5.46 Å². The van der Waals surface area contributed by atoms with Gasteiger partial charge in [-0.1, -0.05) is 30.3 Å². The van der Waals surface area contributed by atoms with Crippen LogP contribution in [0, 0.1) is 0 Å². The van der Waals surface area contributed by atoms with Crippen LogP contribution >= 0.6 is 11.3 Å². The number of rotatable bonds is 1. The van der Waals surface area contributed by atoms with Crippen molar-refractivity contribution in [2.45, 2.75) is 38.9 Å². The van der Waals surface area contributed by atoms with Crippen LogP contribution in [0.5, 0.6) is 0 Å². The monoisotopic (exact) mass is 334 g/mol. The van der Waals surface area contributed by atoms with Crippen molar-refractivity contribution >= 4 is 54.9 Å². The van der Waals surface area contributed by atoms with Gasteiger partial charge in [0.1, 0.15) is 0 Å². The Bertz CT molecular complexity index is 1060. The summed E-state index contributed by atoms with van der Waals surface area (Å²) >= 11 is 1.86. The molecule has 4 heteroatoms. The van der Waals surface area contributed by atoms with Gasteiger partial charge in [-0.25, -0.2) is 0 Å². The molecule has 1 fully saturated rings. The maximum absolute atomic E-state index is 6.33. The molecule has 0 aliphatic carbocycles. The number of benzene rings is 3. The van der Waals surface area contributed by atoms with E-state index in [1.807, 2.05) is 11.3 Å². The predicted octanol–water partition coefficient (Wildman–Crippen LogP) is 4.94. The molecule has 1 aliphatic heterocycles. The van der Waals surface area contributed by atoms with Gasteiger partial charge in [0.05, 0.1) is 11.2 Å². The summed E-state index contributed by atoms with van der Waals surface area (Å²) in [4.78, 5) is 0. The van der Waals surface area contributed by atoms with Gasteiger partial charge in [-0.2, -0.15) is 0 Å². The Morgan fingerprint density at radius 1 is 0.833 bits per heavy atom. The van der Waals surface area contributed by atoms with Gasteiger partial charge in [0.25, 0.3) is 0 Å². The van der Waals surface area contributed by atoms with Gasteiger partial charge in [-0.3, -0.25) is 0 Å². The third kappa shape index (κ3) is 1.79. The van der Waals surface area contributed by atoms with Crippen molar-refractivity contribution in [3.63, 3.8) is 0 Å². The number of thiophene rings is 1. The van der Waals surface area contributed by atoms with E-state index < -0.39 is 0 Å². The van der Waals surface area contributed by atoms with Crippen LogP contribution in [-0.4, -0.2) is 18.3 Å². The van der Waals surface area contributed by atoms with Crippen LogP contribution < -0.4 is 5.46 Å². The highest BCUT2D eigenvalue weighted by Crippen LogP contribution is 2.42. The summed E-state index contributed by atoms with van der Waals surface area (Å²) in [6.45, 7) is 8.42. The summed E-state index contributed by atoms with van der Waals surface area (Å²) < 4.78 is 15.3.